The molecule has 0 aromatic carbocycles. The van der Waals surface area contributed by atoms with Gasteiger partial charge in [0.25, 0.3) is 5.91 Å². The van der Waals surface area contributed by atoms with Gasteiger partial charge in [-0.25, -0.2) is 4.98 Å². The van der Waals surface area contributed by atoms with Crippen molar-refractivity contribution in [3.05, 3.63) is 41.4 Å². The van der Waals surface area contributed by atoms with Crippen LogP contribution in [0.5, 0.6) is 0 Å². The number of carbonyl (C=O) groups excluding carboxylic acids is 1. The van der Waals surface area contributed by atoms with Crippen molar-refractivity contribution in [1.29, 1.82) is 0 Å². The molecule has 21 heavy (non-hydrogen) atoms. The molecule has 3 N–H and O–H groups in total. The Hall–Kier alpha value is -2.58. The van der Waals surface area contributed by atoms with Gasteiger partial charge in [-0.1, -0.05) is 5.16 Å². The van der Waals surface area contributed by atoms with Crippen molar-refractivity contribution in [2.45, 2.75) is 12.6 Å². The summed E-state index contributed by atoms with van der Waals surface area (Å²) < 4.78 is 43.1. The van der Waals surface area contributed by atoms with Gasteiger partial charge in [-0.05, 0) is 12.5 Å². The molecule has 2 aromatic heterocycles. The average molecular weight is 300 g/mol. The van der Waals surface area contributed by atoms with Gasteiger partial charge in [0, 0.05) is 18.3 Å². The number of nitrogens with one attached hydrogen (secondary N) is 1. The van der Waals surface area contributed by atoms with Crippen LogP contribution in [0.1, 0.15) is 21.5 Å². The molecule has 6 nitrogen and oxygen atoms in total. The minimum atomic E-state index is -4.68. The average Bonchev–Trinajstić information content (AvgIpc) is 2.90. The number of nitrogens with two attached hydrogens (primary N) is 1. The Bertz CT molecular complexity index is 626. The van der Waals surface area contributed by atoms with Crippen molar-refractivity contribution in [3.8, 4) is 0 Å². The van der Waals surface area contributed by atoms with E-state index in [4.69, 9.17) is 5.73 Å². The molecule has 1 amide bonds. The topological polar surface area (TPSA) is 94.0 Å². The number of hydrogen-bond acceptors (Lipinski definition) is 5. The predicted octanol–water partition coefficient (Wildman–Crippen LogP) is 1.64. The number of halogens is 3. The second kappa shape index (κ2) is 5.81. The molecule has 112 valence electrons. The number of amides is 1. The van der Waals surface area contributed by atoms with Crippen molar-refractivity contribution in [3.63, 3.8) is 0 Å². The minimum absolute atomic E-state index is 0.117. The fourth-order valence-electron chi connectivity index (χ4n) is 1.71. The molecule has 0 aliphatic heterocycles. The van der Waals surface area contributed by atoms with Crippen molar-refractivity contribution < 1.29 is 22.5 Å². The van der Waals surface area contributed by atoms with Crippen LogP contribution < -0.4 is 11.1 Å². The first kappa shape index (κ1) is 14.8. The molecule has 0 saturated carbocycles. The lowest BCUT2D eigenvalue weighted by Crippen LogP contribution is -2.29. The molecule has 0 bridgehead atoms. The van der Waals surface area contributed by atoms with Gasteiger partial charge in [0.05, 0.1) is 17.3 Å². The number of pyridine rings is 1. The third-order valence-corrected chi connectivity index (χ3v) is 2.70. The Kier molecular flexibility index (Phi) is 4.10. The van der Waals surface area contributed by atoms with E-state index in [9.17, 15) is 18.0 Å². The Morgan fingerprint density at radius 2 is 2.19 bits per heavy atom. The molecule has 0 fully saturated rings. The first-order valence-electron chi connectivity index (χ1n) is 5.87. The molecule has 2 heterocycles. The van der Waals surface area contributed by atoms with Crippen LogP contribution in [0.3, 0.4) is 0 Å². The van der Waals surface area contributed by atoms with E-state index in [1.165, 1.54) is 12.5 Å². The standard InChI is InChI=1S/C12H11F3N4O2/c13-12(14,15)8-2-4-17-10(16)9(8)11(20)18-3-1-7-5-19-21-6-7/h2,4-6H,1,3H2,(H2,16,17)(H,18,20). The highest BCUT2D eigenvalue weighted by Gasteiger charge is 2.36. The summed E-state index contributed by atoms with van der Waals surface area (Å²) in [5, 5.41) is 5.83. The van der Waals surface area contributed by atoms with Gasteiger partial charge in [-0.2, -0.15) is 13.2 Å². The van der Waals surface area contributed by atoms with Crippen LogP contribution in [-0.2, 0) is 12.6 Å². The maximum Gasteiger partial charge on any atom is 0.417 e. The first-order chi connectivity index (χ1) is 9.89. The SMILES string of the molecule is Nc1nccc(C(F)(F)F)c1C(=O)NCCc1cnoc1. The third kappa shape index (κ3) is 3.50. The number of anilines is 1. The number of carbonyl (C=O) groups is 1. The summed E-state index contributed by atoms with van der Waals surface area (Å²) in [5.74, 6) is -1.39. The van der Waals surface area contributed by atoms with Crippen LogP contribution in [0.15, 0.2) is 29.2 Å². The fraction of sp³-hybridized carbons (Fsp3) is 0.250. The van der Waals surface area contributed by atoms with E-state index in [-0.39, 0.29) is 6.54 Å². The number of alkyl halides is 3. The summed E-state index contributed by atoms with van der Waals surface area (Å²) in [4.78, 5) is 15.4. The van der Waals surface area contributed by atoms with E-state index < -0.39 is 29.0 Å². The first-order valence-corrected chi connectivity index (χ1v) is 5.87. The van der Waals surface area contributed by atoms with Gasteiger partial charge in [0.1, 0.15) is 12.1 Å². The Morgan fingerprint density at radius 3 is 2.81 bits per heavy atom. The normalized spacial score (nSPS) is 11.4. The lowest BCUT2D eigenvalue weighted by atomic mass is 10.1. The molecule has 0 aliphatic rings. The number of aromatic nitrogens is 2. The minimum Gasteiger partial charge on any atom is -0.383 e. The van der Waals surface area contributed by atoms with Gasteiger partial charge < -0.3 is 15.6 Å². The van der Waals surface area contributed by atoms with Crippen molar-refractivity contribution in [2.75, 3.05) is 12.3 Å². The molecular weight excluding hydrogens is 289 g/mol. The molecule has 0 unspecified atom stereocenters. The van der Waals surface area contributed by atoms with Gasteiger partial charge in [0.15, 0.2) is 0 Å². The van der Waals surface area contributed by atoms with E-state index in [0.717, 1.165) is 6.20 Å². The van der Waals surface area contributed by atoms with E-state index in [1.807, 2.05) is 0 Å². The zero-order chi connectivity index (χ0) is 15.5. The highest BCUT2D eigenvalue weighted by atomic mass is 19.4. The molecule has 2 aromatic rings. The van der Waals surface area contributed by atoms with Crippen molar-refractivity contribution in [2.24, 2.45) is 0 Å². The second-order valence-corrected chi connectivity index (χ2v) is 4.16. The fourth-order valence-corrected chi connectivity index (χ4v) is 1.71. The van der Waals surface area contributed by atoms with Crippen LogP contribution in [0.25, 0.3) is 0 Å². The maximum absolute atomic E-state index is 12.9. The summed E-state index contributed by atoms with van der Waals surface area (Å²) in [6, 6.07) is 0.714. The zero-order valence-electron chi connectivity index (χ0n) is 10.6. The third-order valence-electron chi connectivity index (χ3n) is 2.70. The number of hydrogen-bond donors (Lipinski definition) is 2. The van der Waals surface area contributed by atoms with Crippen molar-refractivity contribution >= 4 is 11.7 Å². The van der Waals surface area contributed by atoms with Crippen LogP contribution in [0.4, 0.5) is 19.0 Å². The summed E-state index contributed by atoms with van der Waals surface area (Å²) in [7, 11) is 0. The highest BCUT2D eigenvalue weighted by molar-refractivity contribution is 5.99. The number of nitrogen functional groups attached to an aromatic ring is 1. The molecule has 0 saturated heterocycles. The number of rotatable bonds is 4. The quantitative estimate of drug-likeness (QED) is 0.895. The molecule has 9 heteroatoms. The van der Waals surface area contributed by atoms with Crippen LogP contribution in [-0.4, -0.2) is 22.6 Å². The zero-order valence-corrected chi connectivity index (χ0v) is 10.6. The van der Waals surface area contributed by atoms with Crippen LogP contribution >= 0.6 is 0 Å². The van der Waals surface area contributed by atoms with E-state index >= 15 is 0 Å². The highest BCUT2D eigenvalue weighted by Crippen LogP contribution is 2.33. The van der Waals surface area contributed by atoms with Gasteiger partial charge in [-0.15, -0.1) is 0 Å². The summed E-state index contributed by atoms with van der Waals surface area (Å²) in [6.45, 7) is 0.117. The Balaban J connectivity index is 2.11. The predicted molar refractivity (Wildman–Crippen MR) is 66.2 cm³/mol. The van der Waals surface area contributed by atoms with E-state index in [0.29, 0.717) is 18.1 Å². The van der Waals surface area contributed by atoms with E-state index in [2.05, 4.69) is 20.0 Å². The maximum atomic E-state index is 12.9. The number of nitrogens with zero attached hydrogens (tertiary/aromatic N) is 2. The van der Waals surface area contributed by atoms with Gasteiger partial charge in [0.2, 0.25) is 0 Å². The van der Waals surface area contributed by atoms with Crippen molar-refractivity contribution in [1.82, 2.24) is 15.5 Å². The van der Waals surface area contributed by atoms with Gasteiger partial charge in [-0.3, -0.25) is 4.79 Å². The molecule has 0 aliphatic carbocycles. The van der Waals surface area contributed by atoms with E-state index in [1.54, 1.807) is 0 Å². The molecule has 0 spiro atoms. The second-order valence-electron chi connectivity index (χ2n) is 4.16. The molecule has 0 radical (unpaired) electrons. The summed E-state index contributed by atoms with van der Waals surface area (Å²) in [5.41, 5.74) is 4.32. The summed E-state index contributed by atoms with van der Waals surface area (Å²) >= 11 is 0. The Morgan fingerprint density at radius 1 is 1.43 bits per heavy atom. The molecule has 0 atom stereocenters. The smallest absolute Gasteiger partial charge is 0.383 e. The molecule has 2 rings (SSSR count). The monoisotopic (exact) mass is 300 g/mol. The van der Waals surface area contributed by atoms with Gasteiger partial charge >= 0.3 is 6.18 Å². The Labute approximate surface area is 117 Å². The lowest BCUT2D eigenvalue weighted by molar-refractivity contribution is -0.137. The summed E-state index contributed by atoms with van der Waals surface area (Å²) in [6.07, 6.45) is -0.571. The lowest BCUT2D eigenvalue weighted by Gasteiger charge is -2.13. The largest absolute Gasteiger partial charge is 0.417 e. The van der Waals surface area contributed by atoms with Crippen LogP contribution in [0, 0.1) is 0 Å². The van der Waals surface area contributed by atoms with Crippen LogP contribution in [0.2, 0.25) is 0 Å². The molecular formula is C12H11F3N4O2.